The van der Waals surface area contributed by atoms with Crippen molar-refractivity contribution in [2.75, 3.05) is 0 Å². The van der Waals surface area contributed by atoms with Crippen LogP contribution in [0.2, 0.25) is 0 Å². The van der Waals surface area contributed by atoms with Gasteiger partial charge in [-0.05, 0) is 0 Å². The fraction of sp³-hybridized carbons (Fsp3) is 0.750. The number of alkyl halides is 12. The number of aliphatic carboxylic acids is 2. The topological polar surface area (TPSA) is 80.3 Å². The summed E-state index contributed by atoms with van der Waals surface area (Å²) in [6.45, 7) is 0. The smallest absolute Gasteiger partial charge is 0.544 e. The second-order valence-electron chi connectivity index (χ2n) is 4.02. The van der Waals surface area contributed by atoms with Crippen molar-refractivity contribution < 1.29 is 132 Å². The maximum atomic E-state index is 12.8. The first-order valence-corrected chi connectivity index (χ1v) is 4.83. The minimum absolute atomic E-state index is 0. The molecule has 0 aliphatic heterocycles. The van der Waals surface area contributed by atoms with Gasteiger partial charge < -0.3 is 19.8 Å². The quantitative estimate of drug-likeness (QED) is 0.296. The summed E-state index contributed by atoms with van der Waals surface area (Å²) in [5.41, 5.74) is 0. The monoisotopic (exact) mass is 434 g/mol. The van der Waals surface area contributed by atoms with Gasteiger partial charge in [-0.1, -0.05) is 0 Å². The van der Waals surface area contributed by atoms with E-state index >= 15 is 0 Å². The normalized spacial score (nSPS) is 14.2. The summed E-state index contributed by atoms with van der Waals surface area (Å²) >= 11 is 0. The molecule has 0 aromatic rings. The summed E-state index contributed by atoms with van der Waals surface area (Å²) in [6, 6.07) is 0. The Morgan fingerprint density at radius 1 is 0.462 bits per heavy atom. The fourth-order valence-electron chi connectivity index (χ4n) is 1.05. The molecule has 0 aromatic carbocycles. The SMILES string of the molecule is O=C([O-])C(F)(F)C(F)(F)C(F)(F)C(F)(F)C(F)(F)C(F)(F)C(=O)[O-].[Na+].[Na+]. The van der Waals surface area contributed by atoms with Gasteiger partial charge in [0.2, 0.25) is 0 Å². The van der Waals surface area contributed by atoms with Crippen LogP contribution in [0.15, 0.2) is 0 Å². The molecule has 0 saturated carbocycles. The molecule has 0 aliphatic rings. The largest absolute Gasteiger partial charge is 1.00 e. The molecule has 0 atom stereocenters. The van der Waals surface area contributed by atoms with E-state index in [1.165, 1.54) is 0 Å². The Hall–Kier alpha value is 0.1000. The van der Waals surface area contributed by atoms with Gasteiger partial charge in [-0.3, -0.25) is 0 Å². The van der Waals surface area contributed by atoms with E-state index in [1.54, 1.807) is 0 Å². The second kappa shape index (κ2) is 8.23. The van der Waals surface area contributed by atoms with Crippen LogP contribution in [0.4, 0.5) is 52.7 Å². The molecule has 0 spiro atoms. The average molecular weight is 434 g/mol. The van der Waals surface area contributed by atoms with E-state index in [2.05, 4.69) is 0 Å². The van der Waals surface area contributed by atoms with Crippen molar-refractivity contribution >= 4 is 11.9 Å². The predicted octanol–water partition coefficient (Wildman–Crippen LogP) is -5.69. The molecular formula is C8F12Na2O4. The van der Waals surface area contributed by atoms with Gasteiger partial charge in [0.25, 0.3) is 0 Å². The number of carboxylic acids is 2. The predicted molar refractivity (Wildman–Crippen MR) is 39.7 cm³/mol. The molecule has 0 saturated heterocycles. The van der Waals surface area contributed by atoms with E-state index in [1.807, 2.05) is 0 Å². The number of carbonyl (C=O) groups is 2. The van der Waals surface area contributed by atoms with Crippen LogP contribution in [0, 0.1) is 0 Å². The van der Waals surface area contributed by atoms with Crippen LogP contribution < -0.4 is 69.3 Å². The van der Waals surface area contributed by atoms with Crippen molar-refractivity contribution in [3.63, 3.8) is 0 Å². The first kappa shape index (κ1) is 30.8. The van der Waals surface area contributed by atoms with Gasteiger partial charge >= 0.3 is 94.6 Å². The molecule has 0 fully saturated rings. The molecule has 0 unspecified atom stereocenters. The first-order chi connectivity index (χ1) is 10.1. The van der Waals surface area contributed by atoms with Gasteiger partial charge in [-0.25, -0.2) is 0 Å². The third-order valence-corrected chi connectivity index (χ3v) is 2.48. The molecule has 0 aliphatic carbocycles. The van der Waals surface area contributed by atoms with Crippen LogP contribution in [-0.4, -0.2) is 47.5 Å². The number of rotatable bonds is 7. The van der Waals surface area contributed by atoms with Crippen molar-refractivity contribution in [1.82, 2.24) is 0 Å². The second-order valence-corrected chi connectivity index (χ2v) is 4.02. The summed E-state index contributed by atoms with van der Waals surface area (Å²) in [5, 5.41) is 19.3. The van der Waals surface area contributed by atoms with Crippen molar-refractivity contribution in [1.29, 1.82) is 0 Å². The Labute approximate surface area is 178 Å². The minimum atomic E-state index is -8.17. The number of hydrogen-bond donors (Lipinski definition) is 0. The summed E-state index contributed by atoms with van der Waals surface area (Å²) in [4.78, 5) is 19.3. The van der Waals surface area contributed by atoms with E-state index in [9.17, 15) is 72.5 Å². The fourth-order valence-corrected chi connectivity index (χ4v) is 1.05. The maximum absolute atomic E-state index is 12.8. The van der Waals surface area contributed by atoms with Crippen LogP contribution in [0.25, 0.3) is 0 Å². The number of carboxylic acid groups (broad SMARTS) is 2. The van der Waals surface area contributed by atoms with Crippen molar-refractivity contribution in [2.45, 2.75) is 35.5 Å². The van der Waals surface area contributed by atoms with Crippen LogP contribution in [-0.2, 0) is 9.59 Å². The van der Waals surface area contributed by atoms with Crippen LogP contribution in [0.1, 0.15) is 0 Å². The number of hydrogen-bond acceptors (Lipinski definition) is 4. The Morgan fingerprint density at radius 3 is 0.731 bits per heavy atom. The van der Waals surface area contributed by atoms with Gasteiger partial charge in [0.05, 0.1) is 0 Å². The zero-order valence-electron chi connectivity index (χ0n) is 12.2. The molecule has 0 bridgehead atoms. The molecule has 0 N–H and O–H groups in total. The van der Waals surface area contributed by atoms with Gasteiger partial charge in [-0.15, -0.1) is 0 Å². The standard InChI is InChI=1S/C8H2F12O4.2Na/c9-3(10,1(21)22)5(13,14)7(17,18)8(19,20)6(15,16)4(11,12)2(23)24;;/h(H,21,22)(H,23,24);;/q;2*+1/p-2. The van der Waals surface area contributed by atoms with Gasteiger partial charge in [0.15, 0.2) is 0 Å². The average Bonchev–Trinajstić information content (AvgIpc) is 2.36. The van der Waals surface area contributed by atoms with E-state index < -0.39 is 47.5 Å². The number of halogens is 12. The van der Waals surface area contributed by atoms with E-state index in [-0.39, 0.29) is 59.1 Å². The maximum Gasteiger partial charge on any atom is 1.00 e. The Bertz CT molecular complexity index is 501. The zero-order valence-corrected chi connectivity index (χ0v) is 16.2. The molecule has 0 rings (SSSR count). The molecule has 142 valence electrons. The summed E-state index contributed by atoms with van der Waals surface area (Å²) in [6.07, 6.45) is 0. The molecule has 0 amide bonds. The van der Waals surface area contributed by atoms with Crippen LogP contribution >= 0.6 is 0 Å². The molecule has 0 radical (unpaired) electrons. The minimum Gasteiger partial charge on any atom is -0.544 e. The molecule has 0 aromatic heterocycles. The third-order valence-electron chi connectivity index (χ3n) is 2.48. The molecule has 26 heavy (non-hydrogen) atoms. The van der Waals surface area contributed by atoms with E-state index in [0.717, 1.165) is 0 Å². The molecular weight excluding hydrogens is 434 g/mol. The number of carbonyl (C=O) groups excluding carboxylic acids is 2. The molecule has 0 heterocycles. The Balaban J connectivity index is -0.00000264. The van der Waals surface area contributed by atoms with Crippen molar-refractivity contribution in [3.05, 3.63) is 0 Å². The zero-order chi connectivity index (χ0) is 20.2. The Morgan fingerprint density at radius 2 is 0.615 bits per heavy atom. The van der Waals surface area contributed by atoms with Crippen molar-refractivity contribution in [3.8, 4) is 0 Å². The summed E-state index contributed by atoms with van der Waals surface area (Å²) in [5.74, 6) is -55.5. The van der Waals surface area contributed by atoms with Gasteiger partial charge in [0.1, 0.15) is 11.9 Å². The van der Waals surface area contributed by atoms with Gasteiger partial charge in [0, 0.05) is 0 Å². The van der Waals surface area contributed by atoms with Crippen LogP contribution in [0.3, 0.4) is 0 Å². The third kappa shape index (κ3) is 3.94. The molecule has 18 heteroatoms. The van der Waals surface area contributed by atoms with E-state index in [0.29, 0.717) is 0 Å². The summed E-state index contributed by atoms with van der Waals surface area (Å²) in [7, 11) is 0. The van der Waals surface area contributed by atoms with Crippen LogP contribution in [0.5, 0.6) is 0 Å². The summed E-state index contributed by atoms with van der Waals surface area (Å²) < 4.78 is 152. The van der Waals surface area contributed by atoms with E-state index in [4.69, 9.17) is 0 Å². The molecule has 4 nitrogen and oxygen atoms in total. The van der Waals surface area contributed by atoms with Crippen molar-refractivity contribution in [2.24, 2.45) is 0 Å². The van der Waals surface area contributed by atoms with Gasteiger partial charge in [-0.2, -0.15) is 52.7 Å². The Kier molecular flexibility index (Phi) is 9.75. The first-order valence-electron chi connectivity index (χ1n) is 4.83.